The van der Waals surface area contributed by atoms with Crippen LogP contribution in [0.4, 0.5) is 5.69 Å². The molecule has 19 heavy (non-hydrogen) atoms. The van der Waals surface area contributed by atoms with Crippen molar-refractivity contribution in [3.8, 4) is 0 Å². The fourth-order valence-corrected chi connectivity index (χ4v) is 1.75. The monoisotopic (exact) mass is 299 g/mol. The van der Waals surface area contributed by atoms with Gasteiger partial charge in [-0.2, -0.15) is 0 Å². The van der Waals surface area contributed by atoms with Crippen molar-refractivity contribution < 1.29 is 4.79 Å². The van der Waals surface area contributed by atoms with Crippen LogP contribution in [-0.4, -0.2) is 23.6 Å². The summed E-state index contributed by atoms with van der Waals surface area (Å²) in [6.07, 6.45) is 0. The molecule has 0 aliphatic rings. The number of rotatable bonds is 4. The Labute approximate surface area is 123 Å². The predicted molar refractivity (Wildman–Crippen MR) is 83.7 cm³/mol. The van der Waals surface area contributed by atoms with E-state index in [4.69, 9.17) is 23.8 Å². The topological polar surface area (TPSA) is 53.2 Å². The molecule has 4 nitrogen and oxygen atoms in total. The quantitative estimate of drug-likeness (QED) is 0.748. The van der Waals surface area contributed by atoms with E-state index in [1.165, 1.54) is 0 Å². The van der Waals surface area contributed by atoms with Crippen LogP contribution in [0.3, 0.4) is 0 Å². The largest absolute Gasteiger partial charge is 0.353 e. The SMILES string of the molecule is Cc1ccc(NC(=S)NCC(=O)NC(C)C)cc1Cl. The highest BCUT2D eigenvalue weighted by molar-refractivity contribution is 7.80. The second-order valence-corrected chi connectivity index (χ2v) is 5.31. The van der Waals surface area contributed by atoms with Gasteiger partial charge in [-0.05, 0) is 50.7 Å². The third-order valence-electron chi connectivity index (χ3n) is 2.29. The van der Waals surface area contributed by atoms with Gasteiger partial charge in [-0.1, -0.05) is 17.7 Å². The van der Waals surface area contributed by atoms with Gasteiger partial charge < -0.3 is 16.0 Å². The van der Waals surface area contributed by atoms with Crippen molar-refractivity contribution in [2.45, 2.75) is 26.8 Å². The molecule has 3 N–H and O–H groups in total. The average molecular weight is 300 g/mol. The Balaban J connectivity index is 2.43. The molecule has 0 aliphatic carbocycles. The lowest BCUT2D eigenvalue weighted by molar-refractivity contribution is -0.120. The van der Waals surface area contributed by atoms with Gasteiger partial charge in [-0.3, -0.25) is 4.79 Å². The third kappa shape index (κ3) is 5.89. The highest BCUT2D eigenvalue weighted by atomic mass is 35.5. The van der Waals surface area contributed by atoms with E-state index in [-0.39, 0.29) is 18.5 Å². The molecule has 6 heteroatoms. The van der Waals surface area contributed by atoms with Gasteiger partial charge in [0.05, 0.1) is 6.54 Å². The molecule has 104 valence electrons. The van der Waals surface area contributed by atoms with E-state index in [0.717, 1.165) is 11.3 Å². The second-order valence-electron chi connectivity index (χ2n) is 4.49. The molecule has 0 saturated heterocycles. The van der Waals surface area contributed by atoms with Crippen LogP contribution in [0.15, 0.2) is 18.2 Å². The molecule has 0 unspecified atom stereocenters. The second kappa shape index (κ2) is 7.31. The van der Waals surface area contributed by atoms with Gasteiger partial charge in [0.25, 0.3) is 0 Å². The number of carbonyl (C=O) groups excluding carboxylic acids is 1. The number of nitrogens with one attached hydrogen (secondary N) is 3. The minimum Gasteiger partial charge on any atom is -0.353 e. The standard InChI is InChI=1S/C13H18ClN3OS/c1-8(2)16-12(18)7-15-13(19)17-10-5-4-9(3)11(14)6-10/h4-6,8H,7H2,1-3H3,(H,16,18)(H2,15,17,19). The molecule has 0 fully saturated rings. The van der Waals surface area contributed by atoms with Crippen molar-refractivity contribution in [2.24, 2.45) is 0 Å². The Morgan fingerprint density at radius 1 is 1.42 bits per heavy atom. The smallest absolute Gasteiger partial charge is 0.239 e. The molecule has 0 aromatic heterocycles. The Morgan fingerprint density at radius 2 is 2.11 bits per heavy atom. The highest BCUT2D eigenvalue weighted by Gasteiger charge is 2.05. The molecule has 1 rings (SSSR count). The molecular weight excluding hydrogens is 282 g/mol. The number of amides is 1. The minimum absolute atomic E-state index is 0.0962. The summed E-state index contributed by atoms with van der Waals surface area (Å²) in [5.41, 5.74) is 1.79. The lowest BCUT2D eigenvalue weighted by Crippen LogP contribution is -2.41. The molecule has 1 aromatic carbocycles. The van der Waals surface area contributed by atoms with Crippen LogP contribution in [0.5, 0.6) is 0 Å². The number of aryl methyl sites for hydroxylation is 1. The average Bonchev–Trinajstić information content (AvgIpc) is 2.30. The molecular formula is C13H18ClN3OS. The molecule has 0 radical (unpaired) electrons. The Bertz CT molecular complexity index is 477. The summed E-state index contributed by atoms with van der Waals surface area (Å²) in [5.74, 6) is -0.0962. The van der Waals surface area contributed by atoms with Crippen molar-refractivity contribution in [2.75, 3.05) is 11.9 Å². The van der Waals surface area contributed by atoms with Crippen molar-refractivity contribution in [3.05, 3.63) is 28.8 Å². The zero-order valence-electron chi connectivity index (χ0n) is 11.2. The van der Waals surface area contributed by atoms with Crippen molar-refractivity contribution in [1.29, 1.82) is 0 Å². The fourth-order valence-electron chi connectivity index (χ4n) is 1.38. The highest BCUT2D eigenvalue weighted by Crippen LogP contribution is 2.19. The lowest BCUT2D eigenvalue weighted by atomic mass is 10.2. The van der Waals surface area contributed by atoms with Crippen LogP contribution < -0.4 is 16.0 Å². The first-order valence-corrected chi connectivity index (χ1v) is 6.77. The Hall–Kier alpha value is -1.33. The number of benzene rings is 1. The van der Waals surface area contributed by atoms with Crippen molar-refractivity contribution in [3.63, 3.8) is 0 Å². The summed E-state index contributed by atoms with van der Waals surface area (Å²) in [6.45, 7) is 5.88. The zero-order chi connectivity index (χ0) is 14.4. The molecule has 0 aliphatic heterocycles. The summed E-state index contributed by atoms with van der Waals surface area (Å²) in [6, 6.07) is 5.69. The zero-order valence-corrected chi connectivity index (χ0v) is 12.8. The van der Waals surface area contributed by atoms with E-state index in [0.29, 0.717) is 10.1 Å². The number of hydrogen-bond acceptors (Lipinski definition) is 2. The van der Waals surface area contributed by atoms with Crippen LogP contribution in [0.2, 0.25) is 5.02 Å². The van der Waals surface area contributed by atoms with E-state index < -0.39 is 0 Å². The van der Waals surface area contributed by atoms with Crippen molar-refractivity contribution >= 4 is 40.5 Å². The third-order valence-corrected chi connectivity index (χ3v) is 2.94. The lowest BCUT2D eigenvalue weighted by Gasteiger charge is -2.12. The Morgan fingerprint density at radius 3 is 2.68 bits per heavy atom. The van der Waals surface area contributed by atoms with Gasteiger partial charge >= 0.3 is 0 Å². The summed E-state index contributed by atoms with van der Waals surface area (Å²) in [7, 11) is 0. The van der Waals surface area contributed by atoms with Gasteiger partial charge in [0.1, 0.15) is 0 Å². The minimum atomic E-state index is -0.0962. The molecule has 0 spiro atoms. The van der Waals surface area contributed by atoms with Crippen LogP contribution in [0, 0.1) is 6.92 Å². The maximum absolute atomic E-state index is 11.4. The van der Waals surface area contributed by atoms with Gasteiger partial charge in [0.2, 0.25) is 5.91 Å². The van der Waals surface area contributed by atoms with Gasteiger partial charge in [-0.15, -0.1) is 0 Å². The maximum Gasteiger partial charge on any atom is 0.239 e. The number of hydrogen-bond donors (Lipinski definition) is 3. The molecule has 1 aromatic rings. The van der Waals surface area contributed by atoms with Gasteiger partial charge in [-0.25, -0.2) is 0 Å². The molecule has 0 bridgehead atoms. The van der Waals surface area contributed by atoms with E-state index in [1.54, 1.807) is 6.07 Å². The number of carbonyl (C=O) groups is 1. The van der Waals surface area contributed by atoms with Crippen LogP contribution in [-0.2, 0) is 4.79 Å². The summed E-state index contributed by atoms with van der Waals surface area (Å²) < 4.78 is 0. The van der Waals surface area contributed by atoms with E-state index in [9.17, 15) is 4.79 Å². The van der Waals surface area contributed by atoms with Crippen LogP contribution in [0.25, 0.3) is 0 Å². The number of halogens is 1. The summed E-state index contributed by atoms with van der Waals surface area (Å²) >= 11 is 11.1. The number of anilines is 1. The van der Waals surface area contributed by atoms with Crippen LogP contribution >= 0.6 is 23.8 Å². The summed E-state index contributed by atoms with van der Waals surface area (Å²) in [4.78, 5) is 11.4. The first kappa shape index (κ1) is 15.7. The van der Waals surface area contributed by atoms with E-state index in [2.05, 4.69) is 16.0 Å². The van der Waals surface area contributed by atoms with Crippen molar-refractivity contribution in [1.82, 2.24) is 10.6 Å². The van der Waals surface area contributed by atoms with Crippen LogP contribution in [0.1, 0.15) is 19.4 Å². The first-order valence-electron chi connectivity index (χ1n) is 5.99. The first-order chi connectivity index (χ1) is 8.88. The van der Waals surface area contributed by atoms with Gasteiger partial charge in [0.15, 0.2) is 5.11 Å². The summed E-state index contributed by atoms with van der Waals surface area (Å²) in [5, 5.41) is 9.64. The van der Waals surface area contributed by atoms with E-state index in [1.807, 2.05) is 32.9 Å². The Kier molecular flexibility index (Phi) is 6.05. The molecule has 1 amide bonds. The molecule has 0 atom stereocenters. The fraction of sp³-hybridized carbons (Fsp3) is 0.385. The van der Waals surface area contributed by atoms with Gasteiger partial charge in [0, 0.05) is 16.8 Å². The number of thiocarbonyl (C=S) groups is 1. The van der Waals surface area contributed by atoms with E-state index >= 15 is 0 Å². The maximum atomic E-state index is 11.4. The predicted octanol–water partition coefficient (Wildman–Crippen LogP) is 2.46. The molecule has 0 saturated carbocycles. The molecule has 0 heterocycles. The normalized spacial score (nSPS) is 10.2.